The molecule has 0 aliphatic carbocycles. The highest BCUT2D eigenvalue weighted by molar-refractivity contribution is 5.95. The van der Waals surface area contributed by atoms with Gasteiger partial charge in [-0.15, -0.1) is 0 Å². The first kappa shape index (κ1) is 20.1. The van der Waals surface area contributed by atoms with Gasteiger partial charge in [-0.1, -0.05) is 24.3 Å². The lowest BCUT2D eigenvalue weighted by Gasteiger charge is -2.38. The van der Waals surface area contributed by atoms with E-state index in [0.29, 0.717) is 11.1 Å². The Morgan fingerprint density at radius 3 is 2.73 bits per heavy atom. The molecular weight excluding hydrogens is 388 g/mol. The number of amides is 1. The highest BCUT2D eigenvalue weighted by Crippen LogP contribution is 2.32. The lowest BCUT2D eigenvalue weighted by molar-refractivity contribution is -0.131. The van der Waals surface area contributed by atoms with Crippen molar-refractivity contribution in [3.05, 3.63) is 66.2 Å². The van der Waals surface area contributed by atoms with E-state index in [1.165, 1.54) is 4.90 Å². The average molecular weight is 411 g/mol. The van der Waals surface area contributed by atoms with Crippen LogP contribution in [0.5, 0.6) is 5.88 Å². The Kier molecular flexibility index (Phi) is 5.28. The molecule has 0 saturated carbocycles. The molecule has 0 bridgehead atoms. The molecule has 2 heterocycles. The zero-order valence-corrected chi connectivity index (χ0v) is 16.9. The van der Waals surface area contributed by atoms with Crippen molar-refractivity contribution in [3.8, 4) is 5.88 Å². The summed E-state index contributed by atoms with van der Waals surface area (Å²) < 4.78 is 34.8. The summed E-state index contributed by atoms with van der Waals surface area (Å²) in [5, 5.41) is 0.901. The van der Waals surface area contributed by atoms with Crippen molar-refractivity contribution >= 4 is 22.5 Å². The van der Waals surface area contributed by atoms with Gasteiger partial charge >= 0.3 is 0 Å². The summed E-state index contributed by atoms with van der Waals surface area (Å²) >= 11 is 0. The fourth-order valence-corrected chi connectivity index (χ4v) is 3.54. The molecule has 1 aromatic heterocycles. The van der Waals surface area contributed by atoms with Gasteiger partial charge in [0, 0.05) is 49.8 Å². The highest BCUT2D eigenvalue weighted by Gasteiger charge is 2.47. The number of hydrogen-bond acceptors (Lipinski definition) is 4. The van der Waals surface area contributed by atoms with Crippen molar-refractivity contribution in [2.24, 2.45) is 0 Å². The summed E-state index contributed by atoms with van der Waals surface area (Å²) in [5.41, 5.74) is 2.01. The third kappa shape index (κ3) is 4.06. The van der Waals surface area contributed by atoms with E-state index in [1.807, 2.05) is 43.3 Å². The molecule has 5 nitrogen and oxygen atoms in total. The summed E-state index contributed by atoms with van der Waals surface area (Å²) in [5.74, 6) is -3.20. The maximum atomic E-state index is 14.6. The third-order valence-electron chi connectivity index (χ3n) is 5.30. The summed E-state index contributed by atoms with van der Waals surface area (Å²) in [7, 11) is 3.76. The number of nitrogens with zero attached hydrogens (tertiary/aromatic N) is 3. The van der Waals surface area contributed by atoms with Crippen molar-refractivity contribution in [3.63, 3.8) is 0 Å². The predicted octanol–water partition coefficient (Wildman–Crippen LogP) is 4.23. The largest absolute Gasteiger partial charge is 0.466 e. The summed E-state index contributed by atoms with van der Waals surface area (Å²) in [6.45, 7) is -0.227. The zero-order valence-electron chi connectivity index (χ0n) is 16.9. The number of piperidine rings is 1. The second-order valence-electron chi connectivity index (χ2n) is 7.66. The van der Waals surface area contributed by atoms with Crippen LogP contribution in [-0.4, -0.2) is 55.0 Å². The van der Waals surface area contributed by atoms with Gasteiger partial charge in [-0.2, -0.15) is 0 Å². The SMILES string of the molecule is CN(C)c1cccc(C(=O)N2CCC(F)(F)C(Oc3ccc4ccccc4n3)C2)c1. The van der Waals surface area contributed by atoms with Crippen LogP contribution in [0.15, 0.2) is 60.7 Å². The fourth-order valence-electron chi connectivity index (χ4n) is 3.54. The molecule has 3 aromatic rings. The van der Waals surface area contributed by atoms with E-state index in [-0.39, 0.29) is 24.9 Å². The fraction of sp³-hybridized carbons (Fsp3) is 0.304. The minimum atomic E-state index is -3.05. The molecule has 1 unspecified atom stereocenters. The number of carbonyl (C=O) groups excluding carboxylic acids is 1. The van der Waals surface area contributed by atoms with Crippen LogP contribution in [-0.2, 0) is 0 Å². The first-order valence-electron chi connectivity index (χ1n) is 9.80. The average Bonchev–Trinajstić information content (AvgIpc) is 2.74. The van der Waals surface area contributed by atoms with Crippen LogP contribution < -0.4 is 9.64 Å². The normalized spacial score (nSPS) is 18.3. The molecule has 1 aliphatic rings. The first-order valence-corrected chi connectivity index (χ1v) is 9.80. The smallest absolute Gasteiger partial charge is 0.287 e. The predicted molar refractivity (Wildman–Crippen MR) is 112 cm³/mol. The van der Waals surface area contributed by atoms with Gasteiger partial charge in [-0.3, -0.25) is 4.79 Å². The third-order valence-corrected chi connectivity index (χ3v) is 5.30. The molecule has 0 N–H and O–H groups in total. The van der Waals surface area contributed by atoms with Crippen LogP contribution in [0.1, 0.15) is 16.8 Å². The Morgan fingerprint density at radius 2 is 1.93 bits per heavy atom. The van der Waals surface area contributed by atoms with Gasteiger partial charge in [0.25, 0.3) is 11.8 Å². The van der Waals surface area contributed by atoms with Crippen molar-refractivity contribution in [1.82, 2.24) is 9.88 Å². The standard InChI is InChI=1S/C23H23F2N3O2/c1-27(2)18-8-5-7-17(14-18)22(29)28-13-12-23(24,25)20(15-28)30-21-11-10-16-6-3-4-9-19(16)26-21/h3-11,14,20H,12-13,15H2,1-2H3. The minimum absolute atomic E-state index is 0.0248. The highest BCUT2D eigenvalue weighted by atomic mass is 19.3. The van der Waals surface area contributed by atoms with Gasteiger partial charge in [0.2, 0.25) is 5.88 Å². The molecule has 1 aliphatic heterocycles. The molecule has 30 heavy (non-hydrogen) atoms. The van der Waals surface area contributed by atoms with E-state index in [0.717, 1.165) is 11.1 Å². The maximum Gasteiger partial charge on any atom is 0.287 e. The van der Waals surface area contributed by atoms with Crippen LogP contribution in [0.3, 0.4) is 0 Å². The molecule has 1 atom stereocenters. The Bertz CT molecular complexity index is 1070. The van der Waals surface area contributed by atoms with Crippen molar-refractivity contribution < 1.29 is 18.3 Å². The van der Waals surface area contributed by atoms with E-state index in [9.17, 15) is 13.6 Å². The number of alkyl halides is 2. The molecular formula is C23H23F2N3O2. The quantitative estimate of drug-likeness (QED) is 0.645. The van der Waals surface area contributed by atoms with E-state index in [4.69, 9.17) is 4.74 Å². The Labute approximate surface area is 173 Å². The van der Waals surface area contributed by atoms with Crippen molar-refractivity contribution in [2.45, 2.75) is 18.4 Å². The molecule has 4 rings (SSSR count). The number of rotatable bonds is 4. The van der Waals surface area contributed by atoms with E-state index in [1.54, 1.807) is 36.4 Å². The molecule has 7 heteroatoms. The Morgan fingerprint density at radius 1 is 1.13 bits per heavy atom. The molecule has 2 aromatic carbocycles. The monoisotopic (exact) mass is 411 g/mol. The van der Waals surface area contributed by atoms with Crippen LogP contribution in [0.4, 0.5) is 14.5 Å². The Balaban J connectivity index is 1.54. The summed E-state index contributed by atoms with van der Waals surface area (Å²) in [4.78, 5) is 20.6. The minimum Gasteiger partial charge on any atom is -0.466 e. The molecule has 156 valence electrons. The van der Waals surface area contributed by atoms with Crippen LogP contribution in [0.2, 0.25) is 0 Å². The van der Waals surface area contributed by atoms with Crippen LogP contribution in [0, 0.1) is 0 Å². The van der Waals surface area contributed by atoms with Gasteiger partial charge < -0.3 is 14.5 Å². The lowest BCUT2D eigenvalue weighted by atomic mass is 10.0. The number of carbonyl (C=O) groups is 1. The van der Waals surface area contributed by atoms with Gasteiger partial charge in [0.15, 0.2) is 6.10 Å². The number of para-hydroxylation sites is 1. The molecule has 1 amide bonds. The lowest BCUT2D eigenvalue weighted by Crippen LogP contribution is -2.55. The van der Waals surface area contributed by atoms with Gasteiger partial charge in [0.05, 0.1) is 12.1 Å². The van der Waals surface area contributed by atoms with E-state index < -0.39 is 18.4 Å². The molecule has 0 radical (unpaired) electrons. The molecule has 0 spiro atoms. The number of likely N-dealkylation sites (tertiary alicyclic amines) is 1. The number of pyridine rings is 1. The number of halogens is 2. The summed E-state index contributed by atoms with van der Waals surface area (Å²) in [6, 6.07) is 17.9. The van der Waals surface area contributed by atoms with Gasteiger partial charge in [-0.05, 0) is 30.3 Å². The van der Waals surface area contributed by atoms with Crippen LogP contribution >= 0.6 is 0 Å². The topological polar surface area (TPSA) is 45.7 Å². The second kappa shape index (κ2) is 7.89. The second-order valence-corrected chi connectivity index (χ2v) is 7.66. The summed E-state index contributed by atoms with van der Waals surface area (Å²) in [6.07, 6.45) is -1.91. The zero-order chi connectivity index (χ0) is 21.3. The van der Waals surface area contributed by atoms with Gasteiger partial charge in [0.1, 0.15) is 0 Å². The number of fused-ring (bicyclic) bond motifs is 1. The van der Waals surface area contributed by atoms with Crippen molar-refractivity contribution in [2.75, 3.05) is 32.1 Å². The van der Waals surface area contributed by atoms with E-state index in [2.05, 4.69) is 4.98 Å². The first-order chi connectivity index (χ1) is 14.3. The number of hydrogen-bond donors (Lipinski definition) is 0. The van der Waals surface area contributed by atoms with Gasteiger partial charge in [-0.25, -0.2) is 13.8 Å². The Hall–Kier alpha value is -3.22. The molecule has 1 saturated heterocycles. The number of benzene rings is 2. The van der Waals surface area contributed by atoms with Crippen LogP contribution in [0.25, 0.3) is 10.9 Å². The number of aromatic nitrogens is 1. The molecule has 1 fully saturated rings. The number of ether oxygens (including phenoxy) is 1. The van der Waals surface area contributed by atoms with Crippen molar-refractivity contribution in [1.29, 1.82) is 0 Å². The van der Waals surface area contributed by atoms with E-state index >= 15 is 0 Å². The maximum absolute atomic E-state index is 14.6. The number of anilines is 1.